The highest BCUT2D eigenvalue weighted by atomic mass is 32.1. The number of nitrogens with zero attached hydrogens (tertiary/aromatic N) is 1. The first-order chi connectivity index (χ1) is 9.20. The van der Waals surface area contributed by atoms with E-state index in [-0.39, 0.29) is 11.9 Å². The number of amides is 1. The summed E-state index contributed by atoms with van der Waals surface area (Å²) < 4.78 is 0. The molecule has 0 aliphatic rings. The molecule has 0 saturated heterocycles. The fourth-order valence-electron chi connectivity index (χ4n) is 1.72. The van der Waals surface area contributed by atoms with E-state index >= 15 is 0 Å². The van der Waals surface area contributed by atoms with Crippen molar-refractivity contribution in [3.63, 3.8) is 0 Å². The van der Waals surface area contributed by atoms with Crippen LogP contribution in [0.5, 0.6) is 0 Å². The summed E-state index contributed by atoms with van der Waals surface area (Å²) in [5.74, 6) is -0.149. The third-order valence-electron chi connectivity index (χ3n) is 2.69. The lowest BCUT2D eigenvalue weighted by atomic mass is 10.2. The van der Waals surface area contributed by atoms with Crippen LogP contribution in [0.25, 0.3) is 0 Å². The van der Waals surface area contributed by atoms with Crippen molar-refractivity contribution in [1.29, 1.82) is 0 Å². The molecule has 19 heavy (non-hydrogen) atoms. The second-order valence-electron chi connectivity index (χ2n) is 4.17. The van der Waals surface area contributed by atoms with E-state index in [1.807, 2.05) is 37.4 Å². The minimum absolute atomic E-state index is 0.00254. The number of carbonyl (C=O) groups is 1. The maximum atomic E-state index is 12.0. The SMILES string of the molecule is CCNc1ccc(C(=O)NC(C)c2cccs2)nc1. The van der Waals surface area contributed by atoms with Gasteiger partial charge in [-0.25, -0.2) is 4.98 Å². The highest BCUT2D eigenvalue weighted by Gasteiger charge is 2.12. The minimum Gasteiger partial charge on any atom is -0.384 e. The molecule has 0 aliphatic heterocycles. The Labute approximate surface area is 116 Å². The number of hydrogen-bond donors (Lipinski definition) is 2. The van der Waals surface area contributed by atoms with Crippen LogP contribution in [0.3, 0.4) is 0 Å². The lowest BCUT2D eigenvalue weighted by molar-refractivity contribution is 0.0935. The molecule has 100 valence electrons. The first-order valence-corrected chi connectivity index (χ1v) is 7.13. The van der Waals surface area contributed by atoms with Gasteiger partial charge in [0.05, 0.1) is 17.9 Å². The summed E-state index contributed by atoms with van der Waals surface area (Å²) >= 11 is 1.63. The number of pyridine rings is 1. The van der Waals surface area contributed by atoms with Crippen LogP contribution < -0.4 is 10.6 Å². The number of carbonyl (C=O) groups excluding carboxylic acids is 1. The molecule has 0 fully saturated rings. The molecule has 0 aromatic carbocycles. The molecule has 2 aromatic heterocycles. The van der Waals surface area contributed by atoms with Crippen molar-refractivity contribution in [3.05, 3.63) is 46.4 Å². The number of rotatable bonds is 5. The summed E-state index contributed by atoms with van der Waals surface area (Å²) in [5.41, 5.74) is 1.36. The number of hydrogen-bond acceptors (Lipinski definition) is 4. The largest absolute Gasteiger partial charge is 0.384 e. The molecule has 0 radical (unpaired) electrons. The van der Waals surface area contributed by atoms with Gasteiger partial charge in [-0.3, -0.25) is 4.79 Å². The van der Waals surface area contributed by atoms with Gasteiger partial charge in [-0.2, -0.15) is 0 Å². The predicted molar refractivity (Wildman–Crippen MR) is 78.6 cm³/mol. The van der Waals surface area contributed by atoms with Gasteiger partial charge in [0, 0.05) is 11.4 Å². The summed E-state index contributed by atoms with van der Waals surface area (Å²) in [4.78, 5) is 17.3. The Kier molecular flexibility index (Phi) is 4.52. The van der Waals surface area contributed by atoms with Crippen molar-refractivity contribution in [2.24, 2.45) is 0 Å². The maximum absolute atomic E-state index is 12.0. The molecule has 2 heterocycles. The second kappa shape index (κ2) is 6.33. The van der Waals surface area contributed by atoms with E-state index in [1.54, 1.807) is 23.6 Å². The molecule has 2 N–H and O–H groups in total. The standard InChI is InChI=1S/C14H17N3OS/c1-3-15-11-6-7-12(16-9-11)14(18)17-10(2)13-5-4-8-19-13/h4-10,15H,3H2,1-2H3,(H,17,18). The van der Waals surface area contributed by atoms with Gasteiger partial charge in [0.1, 0.15) is 5.69 Å². The molecular weight excluding hydrogens is 258 g/mol. The van der Waals surface area contributed by atoms with Gasteiger partial charge in [-0.15, -0.1) is 11.3 Å². The second-order valence-corrected chi connectivity index (χ2v) is 5.15. The molecule has 5 heteroatoms. The Morgan fingerprint density at radius 1 is 1.42 bits per heavy atom. The Morgan fingerprint density at radius 2 is 2.26 bits per heavy atom. The molecule has 1 atom stereocenters. The average Bonchev–Trinajstić information content (AvgIpc) is 2.94. The fourth-order valence-corrected chi connectivity index (χ4v) is 2.45. The van der Waals surface area contributed by atoms with Gasteiger partial charge < -0.3 is 10.6 Å². The molecule has 1 unspecified atom stereocenters. The number of anilines is 1. The Morgan fingerprint density at radius 3 is 2.84 bits per heavy atom. The molecule has 2 aromatic rings. The Hall–Kier alpha value is -1.88. The van der Waals surface area contributed by atoms with Crippen LogP contribution in [0.2, 0.25) is 0 Å². The summed E-state index contributed by atoms with van der Waals surface area (Å²) in [6, 6.07) is 7.58. The van der Waals surface area contributed by atoms with E-state index in [9.17, 15) is 4.79 Å². The van der Waals surface area contributed by atoms with Crippen molar-refractivity contribution in [1.82, 2.24) is 10.3 Å². The van der Waals surface area contributed by atoms with Gasteiger partial charge in [0.25, 0.3) is 5.91 Å². The smallest absolute Gasteiger partial charge is 0.270 e. The van der Waals surface area contributed by atoms with Gasteiger partial charge in [0.2, 0.25) is 0 Å². The van der Waals surface area contributed by atoms with Crippen LogP contribution in [-0.4, -0.2) is 17.4 Å². The monoisotopic (exact) mass is 275 g/mol. The van der Waals surface area contributed by atoms with Gasteiger partial charge in [-0.1, -0.05) is 6.07 Å². The van der Waals surface area contributed by atoms with E-state index in [4.69, 9.17) is 0 Å². The molecule has 0 aliphatic carbocycles. The zero-order valence-electron chi connectivity index (χ0n) is 11.0. The maximum Gasteiger partial charge on any atom is 0.270 e. The first kappa shape index (κ1) is 13.5. The highest BCUT2D eigenvalue weighted by molar-refractivity contribution is 7.10. The summed E-state index contributed by atoms with van der Waals surface area (Å²) in [5, 5.41) is 8.08. The molecule has 0 bridgehead atoms. The van der Waals surface area contributed by atoms with Crippen LogP contribution in [0.4, 0.5) is 5.69 Å². The Bertz CT molecular complexity index is 522. The third kappa shape index (κ3) is 3.54. The molecule has 0 saturated carbocycles. The fraction of sp³-hybridized carbons (Fsp3) is 0.286. The first-order valence-electron chi connectivity index (χ1n) is 6.25. The minimum atomic E-state index is -0.149. The summed E-state index contributed by atoms with van der Waals surface area (Å²) in [6.45, 7) is 4.82. The average molecular weight is 275 g/mol. The molecule has 2 rings (SSSR count). The van der Waals surface area contributed by atoms with Crippen LogP contribution in [0.1, 0.15) is 35.3 Å². The molecule has 1 amide bonds. The van der Waals surface area contributed by atoms with E-state index < -0.39 is 0 Å². The Balaban J connectivity index is 1.99. The number of aromatic nitrogens is 1. The van der Waals surface area contributed by atoms with Gasteiger partial charge in [0.15, 0.2) is 0 Å². The van der Waals surface area contributed by atoms with E-state index in [0.29, 0.717) is 5.69 Å². The number of thiophene rings is 1. The lowest BCUT2D eigenvalue weighted by Crippen LogP contribution is -2.26. The zero-order chi connectivity index (χ0) is 13.7. The molecule has 0 spiro atoms. The van der Waals surface area contributed by atoms with E-state index in [1.165, 1.54) is 0 Å². The van der Waals surface area contributed by atoms with Crippen molar-refractivity contribution in [2.45, 2.75) is 19.9 Å². The lowest BCUT2D eigenvalue weighted by Gasteiger charge is -2.12. The van der Waals surface area contributed by atoms with Crippen molar-refractivity contribution in [3.8, 4) is 0 Å². The normalized spacial score (nSPS) is 11.9. The summed E-state index contributed by atoms with van der Waals surface area (Å²) in [6.07, 6.45) is 1.67. The van der Waals surface area contributed by atoms with Crippen molar-refractivity contribution in [2.75, 3.05) is 11.9 Å². The van der Waals surface area contributed by atoms with Crippen LogP contribution in [0, 0.1) is 0 Å². The predicted octanol–water partition coefficient (Wildman–Crippen LogP) is 3.07. The van der Waals surface area contributed by atoms with E-state index in [2.05, 4.69) is 15.6 Å². The topological polar surface area (TPSA) is 54.0 Å². The van der Waals surface area contributed by atoms with Crippen molar-refractivity contribution < 1.29 is 4.79 Å². The molecule has 4 nitrogen and oxygen atoms in total. The highest BCUT2D eigenvalue weighted by Crippen LogP contribution is 2.18. The third-order valence-corrected chi connectivity index (χ3v) is 3.75. The van der Waals surface area contributed by atoms with Crippen LogP contribution >= 0.6 is 11.3 Å². The van der Waals surface area contributed by atoms with Gasteiger partial charge >= 0.3 is 0 Å². The quantitative estimate of drug-likeness (QED) is 0.881. The van der Waals surface area contributed by atoms with Gasteiger partial charge in [-0.05, 0) is 37.4 Å². The number of nitrogens with one attached hydrogen (secondary N) is 2. The molecular formula is C14H17N3OS. The summed E-state index contributed by atoms with van der Waals surface area (Å²) in [7, 11) is 0. The van der Waals surface area contributed by atoms with Crippen LogP contribution in [0.15, 0.2) is 35.8 Å². The van der Waals surface area contributed by atoms with Crippen molar-refractivity contribution >= 4 is 22.9 Å². The van der Waals surface area contributed by atoms with Crippen LogP contribution in [-0.2, 0) is 0 Å². The van der Waals surface area contributed by atoms with E-state index in [0.717, 1.165) is 17.1 Å². The zero-order valence-corrected chi connectivity index (χ0v) is 11.8.